The number of rotatable bonds is 3. The van der Waals surface area contributed by atoms with Crippen LogP contribution in [-0.2, 0) is 4.79 Å². The fourth-order valence-electron chi connectivity index (χ4n) is 3.86. The summed E-state index contributed by atoms with van der Waals surface area (Å²) in [4.78, 5) is 26.7. The van der Waals surface area contributed by atoms with Crippen LogP contribution in [0.4, 0.5) is 5.69 Å². The second-order valence-electron chi connectivity index (χ2n) is 7.28. The molecule has 1 aromatic carbocycles. The zero-order valence-electron chi connectivity index (χ0n) is 13.4. The van der Waals surface area contributed by atoms with Gasteiger partial charge in [0.2, 0.25) is 5.91 Å². The largest absolute Gasteiger partial charge is 0.338 e. The molecule has 0 radical (unpaired) electrons. The van der Waals surface area contributed by atoms with Crippen LogP contribution < -0.4 is 10.6 Å². The first-order valence-electron chi connectivity index (χ1n) is 8.52. The van der Waals surface area contributed by atoms with Crippen molar-refractivity contribution < 1.29 is 9.59 Å². The lowest BCUT2D eigenvalue weighted by Gasteiger charge is -2.18. The third-order valence-corrected chi connectivity index (χ3v) is 5.50. The third kappa shape index (κ3) is 2.85. The van der Waals surface area contributed by atoms with Crippen LogP contribution in [0.25, 0.3) is 0 Å². The standard InChI is InChI=1S/C18H23N3O2/c1-11-5-16(11)17(22)20-15-4-2-3-12(6-15)18(23)21-9-13-7-19-8-14(13)10-21/h2-4,6,11,13-14,16,19H,5,7-10H2,1H3,(H,20,22)/t11?,13-,14+,16?. The summed E-state index contributed by atoms with van der Waals surface area (Å²) in [7, 11) is 0. The number of benzene rings is 1. The molecular formula is C18H23N3O2. The molecule has 2 N–H and O–H groups in total. The first kappa shape index (κ1) is 14.7. The van der Waals surface area contributed by atoms with Crippen molar-refractivity contribution >= 4 is 17.5 Å². The zero-order valence-corrected chi connectivity index (χ0v) is 13.4. The van der Waals surface area contributed by atoms with Gasteiger partial charge in [-0.05, 0) is 42.4 Å². The fraction of sp³-hybridized carbons (Fsp3) is 0.556. The number of carbonyl (C=O) groups is 2. The van der Waals surface area contributed by atoms with Gasteiger partial charge in [0.05, 0.1) is 0 Å². The lowest BCUT2D eigenvalue weighted by Crippen LogP contribution is -2.31. The Morgan fingerprint density at radius 2 is 1.91 bits per heavy atom. The monoisotopic (exact) mass is 313 g/mol. The molecular weight excluding hydrogens is 290 g/mol. The Labute approximate surface area is 136 Å². The van der Waals surface area contributed by atoms with Crippen LogP contribution in [0, 0.1) is 23.7 Å². The van der Waals surface area contributed by atoms with Gasteiger partial charge in [0, 0.05) is 43.3 Å². The van der Waals surface area contributed by atoms with E-state index in [-0.39, 0.29) is 17.7 Å². The van der Waals surface area contributed by atoms with Crippen LogP contribution in [0.1, 0.15) is 23.7 Å². The fourth-order valence-corrected chi connectivity index (χ4v) is 3.86. The van der Waals surface area contributed by atoms with E-state index in [0.717, 1.165) is 38.3 Å². The van der Waals surface area contributed by atoms with E-state index in [4.69, 9.17) is 0 Å². The van der Waals surface area contributed by atoms with E-state index >= 15 is 0 Å². The first-order valence-corrected chi connectivity index (χ1v) is 8.52. The molecule has 2 heterocycles. The summed E-state index contributed by atoms with van der Waals surface area (Å²) in [5.41, 5.74) is 1.39. The Hall–Kier alpha value is -1.88. The van der Waals surface area contributed by atoms with E-state index in [0.29, 0.717) is 23.3 Å². The van der Waals surface area contributed by atoms with Crippen LogP contribution in [-0.4, -0.2) is 42.9 Å². The average Bonchev–Trinajstić information content (AvgIpc) is 2.94. The number of nitrogens with zero attached hydrogens (tertiary/aromatic N) is 1. The molecule has 3 aliphatic rings. The van der Waals surface area contributed by atoms with Crippen molar-refractivity contribution in [1.82, 2.24) is 10.2 Å². The van der Waals surface area contributed by atoms with Crippen LogP contribution >= 0.6 is 0 Å². The summed E-state index contributed by atoms with van der Waals surface area (Å²) < 4.78 is 0. The van der Waals surface area contributed by atoms with Gasteiger partial charge in [0.1, 0.15) is 0 Å². The minimum atomic E-state index is 0.0730. The van der Waals surface area contributed by atoms with E-state index in [1.54, 1.807) is 6.07 Å². The Morgan fingerprint density at radius 3 is 2.57 bits per heavy atom. The molecule has 2 unspecified atom stereocenters. The second-order valence-corrected chi connectivity index (χ2v) is 7.28. The maximum Gasteiger partial charge on any atom is 0.253 e. The number of carbonyl (C=O) groups excluding carboxylic acids is 2. The summed E-state index contributed by atoms with van der Waals surface area (Å²) in [5, 5.41) is 6.33. The van der Waals surface area contributed by atoms with Gasteiger partial charge in [-0.3, -0.25) is 9.59 Å². The molecule has 122 valence electrons. The van der Waals surface area contributed by atoms with Gasteiger partial charge in [-0.1, -0.05) is 13.0 Å². The van der Waals surface area contributed by atoms with E-state index in [9.17, 15) is 9.59 Å². The highest BCUT2D eigenvalue weighted by molar-refractivity contribution is 5.98. The van der Waals surface area contributed by atoms with Crippen molar-refractivity contribution in [2.24, 2.45) is 23.7 Å². The van der Waals surface area contributed by atoms with Gasteiger partial charge in [-0.15, -0.1) is 0 Å². The van der Waals surface area contributed by atoms with Crippen LogP contribution in [0.3, 0.4) is 0 Å². The number of amides is 2. The van der Waals surface area contributed by atoms with Crippen LogP contribution in [0.15, 0.2) is 24.3 Å². The smallest absolute Gasteiger partial charge is 0.253 e. The van der Waals surface area contributed by atoms with Crippen molar-refractivity contribution in [2.75, 3.05) is 31.5 Å². The number of likely N-dealkylation sites (tertiary alicyclic amines) is 1. The molecule has 5 nitrogen and oxygen atoms in total. The Bertz CT molecular complexity index is 633. The molecule has 1 aliphatic carbocycles. The van der Waals surface area contributed by atoms with Crippen molar-refractivity contribution in [2.45, 2.75) is 13.3 Å². The van der Waals surface area contributed by atoms with Gasteiger partial charge in [0.25, 0.3) is 5.91 Å². The van der Waals surface area contributed by atoms with Gasteiger partial charge in [-0.25, -0.2) is 0 Å². The molecule has 4 atom stereocenters. The highest BCUT2D eigenvalue weighted by atomic mass is 16.2. The Morgan fingerprint density at radius 1 is 1.22 bits per heavy atom. The van der Waals surface area contributed by atoms with E-state index in [1.165, 1.54) is 0 Å². The van der Waals surface area contributed by atoms with Crippen LogP contribution in [0.5, 0.6) is 0 Å². The van der Waals surface area contributed by atoms with E-state index < -0.39 is 0 Å². The molecule has 0 bridgehead atoms. The number of nitrogens with one attached hydrogen (secondary N) is 2. The summed E-state index contributed by atoms with van der Waals surface area (Å²) in [5.74, 6) is 1.97. The molecule has 2 amide bonds. The number of hydrogen-bond donors (Lipinski definition) is 2. The predicted molar refractivity (Wildman–Crippen MR) is 88.1 cm³/mol. The normalized spacial score (nSPS) is 31.8. The minimum Gasteiger partial charge on any atom is -0.338 e. The highest BCUT2D eigenvalue weighted by Gasteiger charge is 2.39. The SMILES string of the molecule is CC1CC1C(=O)Nc1cccc(C(=O)N2C[C@H]3CNC[C@H]3C2)c1. The van der Waals surface area contributed by atoms with Gasteiger partial charge in [-0.2, -0.15) is 0 Å². The summed E-state index contributed by atoms with van der Waals surface area (Å²) >= 11 is 0. The zero-order chi connectivity index (χ0) is 16.0. The lowest BCUT2D eigenvalue weighted by molar-refractivity contribution is -0.117. The summed E-state index contributed by atoms with van der Waals surface area (Å²) in [6.45, 7) is 5.80. The predicted octanol–water partition coefficient (Wildman–Crippen LogP) is 1.57. The lowest BCUT2D eigenvalue weighted by atomic mass is 10.0. The molecule has 5 heteroatoms. The van der Waals surface area contributed by atoms with Crippen molar-refractivity contribution in [3.8, 4) is 0 Å². The minimum absolute atomic E-state index is 0.0730. The summed E-state index contributed by atoms with van der Waals surface area (Å²) in [6.07, 6.45) is 0.967. The van der Waals surface area contributed by atoms with Gasteiger partial charge < -0.3 is 15.5 Å². The third-order valence-electron chi connectivity index (χ3n) is 5.50. The molecule has 23 heavy (non-hydrogen) atoms. The summed E-state index contributed by atoms with van der Waals surface area (Å²) in [6, 6.07) is 7.34. The van der Waals surface area contributed by atoms with E-state index in [1.807, 2.05) is 23.1 Å². The first-order chi connectivity index (χ1) is 11.1. The molecule has 4 rings (SSSR count). The number of hydrogen-bond acceptors (Lipinski definition) is 3. The quantitative estimate of drug-likeness (QED) is 0.890. The molecule has 0 spiro atoms. The maximum absolute atomic E-state index is 12.7. The molecule has 0 aromatic heterocycles. The molecule has 3 fully saturated rings. The van der Waals surface area contributed by atoms with Gasteiger partial charge in [0.15, 0.2) is 0 Å². The second kappa shape index (κ2) is 5.64. The number of fused-ring (bicyclic) bond motifs is 1. The molecule has 1 saturated carbocycles. The van der Waals surface area contributed by atoms with Crippen molar-refractivity contribution in [1.29, 1.82) is 0 Å². The van der Waals surface area contributed by atoms with Gasteiger partial charge >= 0.3 is 0 Å². The van der Waals surface area contributed by atoms with Crippen molar-refractivity contribution in [3.05, 3.63) is 29.8 Å². The molecule has 2 saturated heterocycles. The Balaban J connectivity index is 1.43. The highest BCUT2D eigenvalue weighted by Crippen LogP contribution is 2.38. The van der Waals surface area contributed by atoms with Crippen LogP contribution in [0.2, 0.25) is 0 Å². The topological polar surface area (TPSA) is 61.4 Å². The number of anilines is 1. The molecule has 2 aliphatic heterocycles. The maximum atomic E-state index is 12.7. The average molecular weight is 313 g/mol. The van der Waals surface area contributed by atoms with E-state index in [2.05, 4.69) is 17.6 Å². The Kier molecular flexibility index (Phi) is 3.60. The van der Waals surface area contributed by atoms with Crippen molar-refractivity contribution in [3.63, 3.8) is 0 Å². The molecule has 1 aromatic rings.